The van der Waals surface area contributed by atoms with E-state index in [-0.39, 0.29) is 37.5 Å². The third kappa shape index (κ3) is 6.21. The van der Waals surface area contributed by atoms with Gasteiger partial charge in [-0.2, -0.15) is 13.2 Å². The van der Waals surface area contributed by atoms with Crippen molar-refractivity contribution in [2.45, 2.75) is 57.0 Å². The maximum Gasteiger partial charge on any atom is 0.416 e. The van der Waals surface area contributed by atoms with Gasteiger partial charge in [0.25, 0.3) is 0 Å². The van der Waals surface area contributed by atoms with Crippen LogP contribution in [0.15, 0.2) is 48.5 Å². The molecule has 2 amide bonds. The molecule has 2 aromatic rings. The third-order valence-corrected chi connectivity index (χ3v) is 6.73. The Morgan fingerprint density at radius 2 is 1.71 bits per heavy atom. The molecule has 1 aliphatic heterocycles. The van der Waals surface area contributed by atoms with E-state index in [1.54, 1.807) is 24.3 Å². The molecule has 0 spiro atoms. The van der Waals surface area contributed by atoms with E-state index < -0.39 is 23.9 Å². The monoisotopic (exact) mass is 490 g/mol. The van der Waals surface area contributed by atoms with Crippen LogP contribution in [0.5, 0.6) is 0 Å². The summed E-state index contributed by atoms with van der Waals surface area (Å²) >= 11 is 0. The van der Waals surface area contributed by atoms with E-state index in [0.717, 1.165) is 37.8 Å². The average molecular weight is 491 g/mol. The van der Waals surface area contributed by atoms with E-state index in [2.05, 4.69) is 5.32 Å². The predicted octanol–water partition coefficient (Wildman–Crippen LogP) is 4.69. The summed E-state index contributed by atoms with van der Waals surface area (Å²) in [5.74, 6) is -0.318. The zero-order chi connectivity index (χ0) is 25.0. The molecule has 2 atom stereocenters. The molecule has 9 heteroatoms. The Kier molecular flexibility index (Phi) is 7.76. The predicted molar refractivity (Wildman–Crippen MR) is 123 cm³/mol. The Labute approximate surface area is 202 Å². The van der Waals surface area contributed by atoms with Crippen molar-refractivity contribution < 1.29 is 32.6 Å². The summed E-state index contributed by atoms with van der Waals surface area (Å²) in [6, 6.07) is 10.7. The van der Waals surface area contributed by atoms with Crippen LogP contribution in [0.25, 0.3) is 0 Å². The minimum absolute atomic E-state index is 0.00647. The van der Waals surface area contributed by atoms with Gasteiger partial charge in [-0.3, -0.25) is 9.59 Å². The number of nitrogens with zero attached hydrogens (tertiary/aromatic N) is 1. The van der Waals surface area contributed by atoms with Crippen molar-refractivity contribution in [1.82, 2.24) is 4.90 Å². The van der Waals surface area contributed by atoms with E-state index in [1.165, 1.54) is 23.5 Å². The second-order valence-corrected chi connectivity index (χ2v) is 9.19. The molecule has 2 aromatic carbocycles. The van der Waals surface area contributed by atoms with Crippen molar-refractivity contribution in [1.29, 1.82) is 0 Å². The van der Waals surface area contributed by atoms with Crippen LogP contribution in [-0.2, 0) is 27.0 Å². The van der Waals surface area contributed by atoms with Gasteiger partial charge < -0.3 is 20.1 Å². The van der Waals surface area contributed by atoms with E-state index in [9.17, 15) is 27.9 Å². The average Bonchev–Trinajstić information content (AvgIpc) is 2.85. The molecule has 0 aromatic heterocycles. The zero-order valence-corrected chi connectivity index (χ0v) is 19.3. The van der Waals surface area contributed by atoms with Crippen molar-refractivity contribution in [2.75, 3.05) is 18.5 Å². The van der Waals surface area contributed by atoms with Crippen molar-refractivity contribution in [2.24, 2.45) is 5.92 Å². The number of halogens is 3. The van der Waals surface area contributed by atoms with Gasteiger partial charge in [-0.05, 0) is 48.2 Å². The van der Waals surface area contributed by atoms with Gasteiger partial charge in [-0.15, -0.1) is 0 Å². The second kappa shape index (κ2) is 10.8. The Balaban J connectivity index is 1.43. The van der Waals surface area contributed by atoms with Crippen molar-refractivity contribution in [3.8, 4) is 0 Å². The molecule has 2 unspecified atom stereocenters. The molecule has 6 nitrogen and oxygen atoms in total. The van der Waals surface area contributed by atoms with Crippen LogP contribution in [0.4, 0.5) is 18.9 Å². The largest absolute Gasteiger partial charge is 0.416 e. The summed E-state index contributed by atoms with van der Waals surface area (Å²) in [6.07, 6.45) is -0.423. The number of rotatable bonds is 6. The number of ether oxygens (including phenoxy) is 1. The number of carbonyl (C=O) groups is 2. The molecule has 188 valence electrons. The fourth-order valence-electron chi connectivity index (χ4n) is 4.68. The number of aliphatic hydroxyl groups is 1. The quantitative estimate of drug-likeness (QED) is 0.616. The van der Waals surface area contributed by atoms with Gasteiger partial charge in [0.05, 0.1) is 18.2 Å². The van der Waals surface area contributed by atoms with Crippen LogP contribution in [0.1, 0.15) is 54.9 Å². The minimum Gasteiger partial charge on any atom is -0.386 e. The third-order valence-electron chi connectivity index (χ3n) is 6.73. The fourth-order valence-corrected chi connectivity index (χ4v) is 4.68. The SMILES string of the molecule is O=C(Nc1ccc(C(O)C2COCC(=O)N2Cc2ccc(C(F)(F)F)cc2)cc1)C1CCCCC1. The summed E-state index contributed by atoms with van der Waals surface area (Å²) in [5, 5.41) is 14.0. The number of anilines is 1. The lowest BCUT2D eigenvalue weighted by molar-refractivity contribution is -0.155. The number of benzene rings is 2. The fraction of sp³-hybridized carbons (Fsp3) is 0.462. The second-order valence-electron chi connectivity index (χ2n) is 9.19. The van der Waals surface area contributed by atoms with E-state index in [0.29, 0.717) is 16.8 Å². The highest BCUT2D eigenvalue weighted by Crippen LogP contribution is 2.31. The lowest BCUT2D eigenvalue weighted by atomic mass is 9.88. The highest BCUT2D eigenvalue weighted by Gasteiger charge is 2.35. The molecule has 1 heterocycles. The van der Waals surface area contributed by atoms with Crippen LogP contribution in [0.2, 0.25) is 0 Å². The molecule has 1 aliphatic carbocycles. The highest BCUT2D eigenvalue weighted by atomic mass is 19.4. The number of nitrogens with one attached hydrogen (secondary N) is 1. The number of morpholine rings is 1. The number of amides is 2. The van der Waals surface area contributed by atoms with Crippen LogP contribution in [0.3, 0.4) is 0 Å². The number of carbonyl (C=O) groups excluding carboxylic acids is 2. The molecule has 0 radical (unpaired) electrons. The first kappa shape index (κ1) is 25.2. The van der Waals surface area contributed by atoms with Gasteiger partial charge >= 0.3 is 6.18 Å². The topological polar surface area (TPSA) is 78.9 Å². The molecular weight excluding hydrogens is 461 g/mol. The summed E-state index contributed by atoms with van der Waals surface area (Å²) in [6.45, 7) is -0.0126. The first-order valence-corrected chi connectivity index (χ1v) is 11.8. The Morgan fingerprint density at radius 1 is 1.06 bits per heavy atom. The van der Waals surface area contributed by atoms with Crippen molar-refractivity contribution in [3.05, 3.63) is 65.2 Å². The Morgan fingerprint density at radius 3 is 2.34 bits per heavy atom. The molecule has 4 rings (SSSR count). The Bertz CT molecular complexity index is 1020. The summed E-state index contributed by atoms with van der Waals surface area (Å²) < 4.78 is 43.9. The smallest absolute Gasteiger partial charge is 0.386 e. The van der Waals surface area contributed by atoms with Gasteiger partial charge in [0, 0.05) is 18.2 Å². The molecule has 0 bridgehead atoms. The molecule has 35 heavy (non-hydrogen) atoms. The van der Waals surface area contributed by atoms with Crippen molar-refractivity contribution in [3.63, 3.8) is 0 Å². The molecule has 1 saturated carbocycles. The summed E-state index contributed by atoms with van der Waals surface area (Å²) in [7, 11) is 0. The number of aliphatic hydroxyl groups excluding tert-OH is 1. The van der Waals surface area contributed by atoms with Gasteiger partial charge in [0.2, 0.25) is 11.8 Å². The van der Waals surface area contributed by atoms with Crippen molar-refractivity contribution >= 4 is 17.5 Å². The first-order valence-electron chi connectivity index (χ1n) is 11.8. The molecule has 1 saturated heterocycles. The number of hydrogen-bond donors (Lipinski definition) is 2. The normalized spacial score (nSPS) is 20.5. The lowest BCUT2D eigenvalue weighted by Crippen LogP contribution is -2.51. The highest BCUT2D eigenvalue weighted by molar-refractivity contribution is 5.92. The molecule has 2 N–H and O–H groups in total. The van der Waals surface area contributed by atoms with Crippen LogP contribution >= 0.6 is 0 Å². The lowest BCUT2D eigenvalue weighted by Gasteiger charge is -2.38. The zero-order valence-electron chi connectivity index (χ0n) is 19.3. The van der Waals surface area contributed by atoms with E-state index in [1.807, 2.05) is 0 Å². The molecule has 2 fully saturated rings. The van der Waals surface area contributed by atoms with Gasteiger partial charge in [0.15, 0.2) is 0 Å². The number of alkyl halides is 3. The summed E-state index contributed by atoms with van der Waals surface area (Å²) in [4.78, 5) is 26.5. The number of hydrogen-bond acceptors (Lipinski definition) is 4. The molecular formula is C26H29F3N2O4. The van der Waals surface area contributed by atoms with E-state index in [4.69, 9.17) is 4.74 Å². The van der Waals surface area contributed by atoms with Crippen LogP contribution in [0, 0.1) is 5.92 Å². The molecule has 2 aliphatic rings. The Hall–Kier alpha value is -2.91. The maximum absolute atomic E-state index is 12.9. The maximum atomic E-state index is 12.9. The summed E-state index contributed by atoms with van der Waals surface area (Å²) in [5.41, 5.74) is 0.934. The van der Waals surface area contributed by atoms with Crippen LogP contribution in [-0.4, -0.2) is 41.1 Å². The van der Waals surface area contributed by atoms with Gasteiger partial charge in [0.1, 0.15) is 12.7 Å². The van der Waals surface area contributed by atoms with Gasteiger partial charge in [-0.25, -0.2) is 0 Å². The first-order chi connectivity index (χ1) is 16.7. The van der Waals surface area contributed by atoms with Gasteiger partial charge in [-0.1, -0.05) is 43.5 Å². The van der Waals surface area contributed by atoms with Crippen LogP contribution < -0.4 is 5.32 Å². The minimum atomic E-state index is -4.44. The van der Waals surface area contributed by atoms with E-state index >= 15 is 0 Å². The standard InChI is InChI=1S/C26H29F3N2O4/c27-26(28,29)20-10-6-17(7-11-20)14-31-22(15-35-16-23(31)32)24(33)18-8-12-21(13-9-18)30-25(34)19-4-2-1-3-5-19/h6-13,19,22,24,33H,1-5,14-16H2,(H,30,34).